The molecule has 0 bridgehead atoms. The number of nitrogens with one attached hydrogen (secondary N) is 2. The molecule has 6 N–H and O–H groups in total. The van der Waals surface area contributed by atoms with E-state index in [0.29, 0.717) is 6.61 Å². The molecule has 7 nitrogen and oxygen atoms in total. The number of carbonyl (C=O) groups excluding carboxylic acids is 2. The maximum absolute atomic E-state index is 11.6. The highest BCUT2D eigenvalue weighted by atomic mass is 16.5. The van der Waals surface area contributed by atoms with Crippen molar-refractivity contribution in [3.05, 3.63) is 29.3 Å². The van der Waals surface area contributed by atoms with Crippen LogP contribution in [0.15, 0.2) is 18.2 Å². The van der Waals surface area contributed by atoms with Gasteiger partial charge in [-0.3, -0.25) is 20.4 Å². The molecule has 1 aromatic carbocycles. The number of hydrazine groups is 2. The van der Waals surface area contributed by atoms with Gasteiger partial charge in [0.2, 0.25) is 0 Å². The fourth-order valence-corrected chi connectivity index (χ4v) is 1.38. The first-order chi connectivity index (χ1) is 8.15. The van der Waals surface area contributed by atoms with Crippen molar-refractivity contribution >= 4 is 11.8 Å². The molecule has 0 heterocycles. The number of rotatable bonds is 4. The second kappa shape index (κ2) is 5.83. The molecule has 92 valence electrons. The zero-order valence-corrected chi connectivity index (χ0v) is 9.32. The van der Waals surface area contributed by atoms with Crippen LogP contribution in [0.5, 0.6) is 5.75 Å². The standard InChI is InChI=1S/C10H14N4O3/c1-2-17-7-5-3-4-6(9(15)13-11)8(7)10(16)14-12/h3-5H,2,11-12H2,1H3,(H,13,15)(H,14,16). The summed E-state index contributed by atoms with van der Waals surface area (Å²) in [6.45, 7) is 2.12. The summed E-state index contributed by atoms with van der Waals surface area (Å²) in [5, 5.41) is 0. The lowest BCUT2D eigenvalue weighted by atomic mass is 10.1. The lowest BCUT2D eigenvalue weighted by Gasteiger charge is -2.12. The third kappa shape index (κ3) is 2.71. The Morgan fingerprint density at radius 1 is 1.24 bits per heavy atom. The van der Waals surface area contributed by atoms with Crippen LogP contribution in [-0.4, -0.2) is 18.4 Å². The molecule has 1 aromatic rings. The van der Waals surface area contributed by atoms with Gasteiger partial charge in [-0.1, -0.05) is 6.07 Å². The minimum absolute atomic E-state index is 0.0554. The van der Waals surface area contributed by atoms with Gasteiger partial charge in [-0.15, -0.1) is 0 Å². The van der Waals surface area contributed by atoms with Crippen LogP contribution in [0.4, 0.5) is 0 Å². The second-order valence-corrected chi connectivity index (χ2v) is 3.06. The second-order valence-electron chi connectivity index (χ2n) is 3.06. The lowest BCUT2D eigenvalue weighted by Crippen LogP contribution is -2.35. The molecule has 0 aliphatic heterocycles. The van der Waals surface area contributed by atoms with E-state index in [1.807, 2.05) is 10.9 Å². The molecule has 0 spiro atoms. The van der Waals surface area contributed by atoms with E-state index in [1.165, 1.54) is 6.07 Å². The highest BCUT2D eigenvalue weighted by Gasteiger charge is 2.20. The summed E-state index contributed by atoms with van der Waals surface area (Å²) in [6, 6.07) is 4.61. The van der Waals surface area contributed by atoms with E-state index in [-0.39, 0.29) is 16.9 Å². The largest absolute Gasteiger partial charge is 0.493 e. The Morgan fingerprint density at radius 3 is 2.41 bits per heavy atom. The van der Waals surface area contributed by atoms with Gasteiger partial charge < -0.3 is 4.74 Å². The van der Waals surface area contributed by atoms with Gasteiger partial charge in [0.15, 0.2) is 0 Å². The maximum atomic E-state index is 11.6. The van der Waals surface area contributed by atoms with E-state index in [2.05, 4.69) is 0 Å². The maximum Gasteiger partial charge on any atom is 0.269 e. The molecule has 0 saturated heterocycles. The Kier molecular flexibility index (Phi) is 4.44. The van der Waals surface area contributed by atoms with E-state index in [4.69, 9.17) is 16.4 Å². The summed E-state index contributed by atoms with van der Waals surface area (Å²) in [7, 11) is 0. The minimum atomic E-state index is -0.618. The number of hydrogen-bond acceptors (Lipinski definition) is 5. The molecule has 0 radical (unpaired) electrons. The average molecular weight is 238 g/mol. The SMILES string of the molecule is CCOc1cccc(C(=O)NN)c1C(=O)NN. The average Bonchev–Trinajstić information content (AvgIpc) is 2.37. The molecular formula is C10H14N4O3. The molecule has 0 saturated carbocycles. The molecule has 17 heavy (non-hydrogen) atoms. The molecule has 0 fully saturated rings. The molecule has 1 rings (SSSR count). The summed E-state index contributed by atoms with van der Waals surface area (Å²) in [6.07, 6.45) is 0. The smallest absolute Gasteiger partial charge is 0.269 e. The highest BCUT2D eigenvalue weighted by Crippen LogP contribution is 2.22. The molecule has 0 aliphatic carbocycles. The highest BCUT2D eigenvalue weighted by molar-refractivity contribution is 6.08. The summed E-state index contributed by atoms with van der Waals surface area (Å²) in [5.74, 6) is 9.16. The van der Waals surface area contributed by atoms with Crippen LogP contribution in [0.3, 0.4) is 0 Å². The number of nitrogens with two attached hydrogens (primary N) is 2. The van der Waals surface area contributed by atoms with Gasteiger partial charge in [-0.25, -0.2) is 11.7 Å². The van der Waals surface area contributed by atoms with Crippen LogP contribution in [-0.2, 0) is 0 Å². The van der Waals surface area contributed by atoms with E-state index in [9.17, 15) is 9.59 Å². The Labute approximate surface area is 98.0 Å². The van der Waals surface area contributed by atoms with Crippen molar-refractivity contribution in [3.8, 4) is 5.75 Å². The number of benzene rings is 1. The Balaban J connectivity index is 3.33. The van der Waals surface area contributed by atoms with Crippen molar-refractivity contribution in [1.29, 1.82) is 0 Å². The van der Waals surface area contributed by atoms with Crippen molar-refractivity contribution in [3.63, 3.8) is 0 Å². The molecular weight excluding hydrogens is 224 g/mol. The van der Waals surface area contributed by atoms with Gasteiger partial charge in [0, 0.05) is 0 Å². The van der Waals surface area contributed by atoms with Crippen molar-refractivity contribution in [1.82, 2.24) is 10.9 Å². The summed E-state index contributed by atoms with van der Waals surface area (Å²) < 4.78 is 5.26. The van der Waals surface area contributed by atoms with Gasteiger partial charge in [0.05, 0.1) is 17.7 Å². The normalized spacial score (nSPS) is 9.59. The predicted octanol–water partition coefficient (Wildman–Crippen LogP) is -0.708. The summed E-state index contributed by atoms with van der Waals surface area (Å²) >= 11 is 0. The Bertz CT molecular complexity index is 434. The number of amides is 2. The van der Waals surface area contributed by atoms with Crippen molar-refractivity contribution in [2.75, 3.05) is 6.61 Å². The quantitative estimate of drug-likeness (QED) is 0.314. The number of carbonyl (C=O) groups is 2. The fraction of sp³-hybridized carbons (Fsp3) is 0.200. The van der Waals surface area contributed by atoms with Crippen LogP contribution >= 0.6 is 0 Å². The summed E-state index contributed by atoms with van der Waals surface area (Å²) in [4.78, 5) is 23.1. The van der Waals surface area contributed by atoms with Crippen LogP contribution in [0.2, 0.25) is 0 Å². The Hall–Kier alpha value is -2.12. The van der Waals surface area contributed by atoms with Gasteiger partial charge in [-0.05, 0) is 19.1 Å². The molecule has 0 unspecified atom stereocenters. The lowest BCUT2D eigenvalue weighted by molar-refractivity contribution is 0.0916. The van der Waals surface area contributed by atoms with Crippen molar-refractivity contribution < 1.29 is 14.3 Å². The molecule has 0 aromatic heterocycles. The molecule has 7 heteroatoms. The Morgan fingerprint density at radius 2 is 1.88 bits per heavy atom. The minimum Gasteiger partial charge on any atom is -0.493 e. The third-order valence-electron chi connectivity index (χ3n) is 2.06. The van der Waals surface area contributed by atoms with Crippen LogP contribution in [0.1, 0.15) is 27.6 Å². The first kappa shape index (κ1) is 12.9. The van der Waals surface area contributed by atoms with Crippen LogP contribution in [0.25, 0.3) is 0 Å². The number of hydrogen-bond donors (Lipinski definition) is 4. The van der Waals surface area contributed by atoms with Gasteiger partial charge >= 0.3 is 0 Å². The summed E-state index contributed by atoms with van der Waals surface area (Å²) in [5.41, 5.74) is 4.07. The van der Waals surface area contributed by atoms with Crippen LogP contribution in [0, 0.1) is 0 Å². The van der Waals surface area contributed by atoms with E-state index < -0.39 is 11.8 Å². The third-order valence-corrected chi connectivity index (χ3v) is 2.06. The van der Waals surface area contributed by atoms with Crippen molar-refractivity contribution in [2.45, 2.75) is 6.92 Å². The zero-order chi connectivity index (χ0) is 12.8. The molecule has 0 atom stereocenters. The fourth-order valence-electron chi connectivity index (χ4n) is 1.38. The number of ether oxygens (including phenoxy) is 1. The van der Waals surface area contributed by atoms with E-state index in [0.717, 1.165) is 0 Å². The first-order valence-electron chi connectivity index (χ1n) is 4.93. The molecule has 2 amide bonds. The van der Waals surface area contributed by atoms with Gasteiger partial charge in [0.1, 0.15) is 5.75 Å². The predicted molar refractivity (Wildman–Crippen MR) is 60.9 cm³/mol. The molecule has 0 aliphatic rings. The topological polar surface area (TPSA) is 119 Å². The van der Waals surface area contributed by atoms with Crippen LogP contribution < -0.4 is 27.3 Å². The monoisotopic (exact) mass is 238 g/mol. The van der Waals surface area contributed by atoms with E-state index >= 15 is 0 Å². The zero-order valence-electron chi connectivity index (χ0n) is 9.32. The first-order valence-corrected chi connectivity index (χ1v) is 4.93. The number of nitrogen functional groups attached to an aromatic ring is 2. The van der Waals surface area contributed by atoms with E-state index in [1.54, 1.807) is 19.1 Å². The van der Waals surface area contributed by atoms with Crippen molar-refractivity contribution in [2.24, 2.45) is 11.7 Å². The van der Waals surface area contributed by atoms with Gasteiger partial charge in [0.25, 0.3) is 11.8 Å². The van der Waals surface area contributed by atoms with Gasteiger partial charge in [-0.2, -0.15) is 0 Å².